The van der Waals surface area contributed by atoms with Gasteiger partial charge in [0.15, 0.2) is 18.1 Å². The van der Waals surface area contributed by atoms with Crippen molar-refractivity contribution in [2.24, 2.45) is 0 Å². The van der Waals surface area contributed by atoms with E-state index in [0.29, 0.717) is 24.7 Å². The Kier molecular flexibility index (Phi) is 8.64. The summed E-state index contributed by atoms with van der Waals surface area (Å²) in [5.74, 6) is -1.77. The van der Waals surface area contributed by atoms with Gasteiger partial charge in [0.1, 0.15) is 5.57 Å². The highest BCUT2D eigenvalue weighted by Crippen LogP contribution is 2.35. The van der Waals surface area contributed by atoms with Crippen molar-refractivity contribution in [2.75, 3.05) is 23.9 Å². The van der Waals surface area contributed by atoms with E-state index in [0.717, 1.165) is 12.1 Å². The molecule has 3 aromatic carbocycles. The van der Waals surface area contributed by atoms with Crippen LogP contribution in [0.25, 0.3) is 6.08 Å². The van der Waals surface area contributed by atoms with Crippen LogP contribution in [0.3, 0.4) is 0 Å². The van der Waals surface area contributed by atoms with Crippen LogP contribution < -0.4 is 25.0 Å². The maximum atomic E-state index is 13.2. The lowest BCUT2D eigenvalue weighted by atomic mass is 10.1. The summed E-state index contributed by atoms with van der Waals surface area (Å²) < 4.78 is 11.6. The molecule has 0 unspecified atom stereocenters. The smallest absolute Gasteiger partial charge is 0.335 e. The Labute approximate surface area is 245 Å². The van der Waals surface area contributed by atoms with Crippen molar-refractivity contribution in [3.63, 3.8) is 0 Å². The number of nitro benzene ring substituents is 1. The number of nitrogens with zero attached hydrogens (tertiary/aromatic N) is 2. The third-order valence-corrected chi connectivity index (χ3v) is 6.51. The summed E-state index contributed by atoms with van der Waals surface area (Å²) in [5.41, 5.74) is 0.368. The number of carbonyl (C=O) groups is 4. The zero-order valence-corrected chi connectivity index (χ0v) is 23.4. The second-order valence-corrected chi connectivity index (χ2v) is 9.71. The van der Waals surface area contributed by atoms with E-state index in [-0.39, 0.29) is 35.1 Å². The lowest BCUT2D eigenvalue weighted by molar-refractivity contribution is -0.384. The first-order chi connectivity index (χ1) is 19.1. The maximum Gasteiger partial charge on any atom is 0.335 e. The molecule has 3 aromatic rings. The van der Waals surface area contributed by atoms with Gasteiger partial charge in [-0.3, -0.25) is 29.8 Å². The zero-order valence-electron chi connectivity index (χ0n) is 20.5. The molecule has 1 saturated heterocycles. The fourth-order valence-corrected chi connectivity index (χ4v) is 4.52. The van der Waals surface area contributed by atoms with Gasteiger partial charge in [0.25, 0.3) is 23.4 Å². The molecule has 0 aliphatic carbocycles. The molecule has 12 nitrogen and oxygen atoms in total. The average molecular weight is 677 g/mol. The van der Waals surface area contributed by atoms with Gasteiger partial charge in [-0.1, -0.05) is 11.6 Å². The number of nitrogens with one attached hydrogen (secondary N) is 2. The minimum Gasteiger partial charge on any atom is -0.493 e. The number of benzene rings is 3. The van der Waals surface area contributed by atoms with Crippen LogP contribution in [0.4, 0.5) is 21.9 Å². The molecule has 1 aliphatic heterocycles. The number of rotatable bonds is 8. The minimum atomic E-state index is -0.992. The Morgan fingerprint density at radius 2 is 1.80 bits per heavy atom. The third-order valence-electron chi connectivity index (χ3n) is 5.46. The minimum absolute atomic E-state index is 0.0410. The number of carbonyl (C=O) groups excluding carboxylic acids is 4. The van der Waals surface area contributed by atoms with E-state index in [9.17, 15) is 29.3 Å². The molecule has 14 heteroatoms. The number of ether oxygens (including phenoxy) is 2. The topological polar surface area (TPSA) is 157 Å². The highest BCUT2D eigenvalue weighted by Gasteiger charge is 2.37. The molecule has 5 amide bonds. The Balaban J connectivity index is 1.55. The second-order valence-electron chi connectivity index (χ2n) is 8.11. The standard InChI is InChI=1S/C26H18ClIN4O8/c1-39-21-12-14(11-20(28)23(21)40-13-22(33)29-16-4-2-15(27)3-5-16)10-19-24(34)30-26(36)31(25(19)35)17-6-8-18(9-7-17)32(37)38/h2-12H,13H2,1H3,(H,29,33)(H,30,34,36)/b19-10+. The summed E-state index contributed by atoms with van der Waals surface area (Å²) in [5, 5.41) is 16.2. The van der Waals surface area contributed by atoms with E-state index >= 15 is 0 Å². The maximum absolute atomic E-state index is 13.2. The van der Waals surface area contributed by atoms with Gasteiger partial charge in [0, 0.05) is 22.8 Å². The molecule has 40 heavy (non-hydrogen) atoms. The van der Waals surface area contributed by atoms with Crippen LogP contribution in [0.15, 0.2) is 66.2 Å². The fraction of sp³-hybridized carbons (Fsp3) is 0.0769. The predicted molar refractivity (Wildman–Crippen MR) is 153 cm³/mol. The second kappa shape index (κ2) is 12.1. The monoisotopic (exact) mass is 676 g/mol. The SMILES string of the molecule is COc1cc(/C=C2\C(=O)NC(=O)N(c3ccc([N+](=O)[O-])cc3)C2=O)cc(I)c1OCC(=O)Nc1ccc(Cl)cc1. The van der Waals surface area contributed by atoms with Crippen molar-refractivity contribution in [1.82, 2.24) is 5.32 Å². The van der Waals surface area contributed by atoms with Crippen molar-refractivity contribution < 1.29 is 33.6 Å². The van der Waals surface area contributed by atoms with E-state index in [1.54, 1.807) is 30.3 Å². The van der Waals surface area contributed by atoms with Gasteiger partial charge in [-0.2, -0.15) is 0 Å². The normalized spacial score (nSPS) is 14.1. The van der Waals surface area contributed by atoms with Gasteiger partial charge in [-0.15, -0.1) is 0 Å². The first-order valence-electron chi connectivity index (χ1n) is 11.3. The molecule has 2 N–H and O–H groups in total. The lowest BCUT2D eigenvalue weighted by Gasteiger charge is -2.26. The largest absolute Gasteiger partial charge is 0.493 e. The summed E-state index contributed by atoms with van der Waals surface area (Å²) in [6.07, 6.45) is 1.27. The molecule has 0 saturated carbocycles. The van der Waals surface area contributed by atoms with E-state index in [1.807, 2.05) is 22.6 Å². The molecule has 0 radical (unpaired) electrons. The van der Waals surface area contributed by atoms with E-state index in [2.05, 4.69) is 10.6 Å². The molecule has 0 atom stereocenters. The Hall–Kier alpha value is -4.50. The number of amides is 5. The van der Waals surface area contributed by atoms with E-state index < -0.39 is 28.7 Å². The van der Waals surface area contributed by atoms with Crippen LogP contribution in [0.5, 0.6) is 11.5 Å². The molecule has 1 heterocycles. The van der Waals surface area contributed by atoms with Gasteiger partial charge in [-0.25, -0.2) is 9.69 Å². The first-order valence-corrected chi connectivity index (χ1v) is 12.7. The average Bonchev–Trinajstić information content (AvgIpc) is 2.91. The van der Waals surface area contributed by atoms with Crippen molar-refractivity contribution in [3.8, 4) is 11.5 Å². The Bertz CT molecular complexity index is 1560. The Morgan fingerprint density at radius 1 is 1.12 bits per heavy atom. The number of anilines is 2. The van der Waals surface area contributed by atoms with Crippen molar-refractivity contribution in [2.45, 2.75) is 0 Å². The van der Waals surface area contributed by atoms with Gasteiger partial charge in [0.05, 0.1) is 21.3 Å². The zero-order chi connectivity index (χ0) is 29.0. The molecule has 0 bridgehead atoms. The fourth-order valence-electron chi connectivity index (χ4n) is 3.61. The predicted octanol–water partition coefficient (Wildman–Crippen LogP) is 4.55. The molecular weight excluding hydrogens is 659 g/mol. The number of methoxy groups -OCH3 is 1. The summed E-state index contributed by atoms with van der Waals surface area (Å²) in [4.78, 5) is 61.5. The van der Waals surface area contributed by atoms with E-state index in [1.165, 1.54) is 31.4 Å². The molecule has 1 fully saturated rings. The number of halogens is 2. The van der Waals surface area contributed by atoms with Gasteiger partial charge in [-0.05, 0) is 82.8 Å². The Morgan fingerprint density at radius 3 is 2.42 bits per heavy atom. The quantitative estimate of drug-likeness (QED) is 0.116. The van der Waals surface area contributed by atoms with Crippen LogP contribution in [-0.4, -0.2) is 42.4 Å². The molecule has 0 aromatic heterocycles. The van der Waals surface area contributed by atoms with E-state index in [4.69, 9.17) is 21.1 Å². The van der Waals surface area contributed by atoms with Crippen molar-refractivity contribution >= 4 is 81.1 Å². The van der Waals surface area contributed by atoms with Crippen LogP contribution in [0, 0.1) is 13.7 Å². The summed E-state index contributed by atoms with van der Waals surface area (Å²) >= 11 is 7.80. The highest BCUT2D eigenvalue weighted by atomic mass is 127. The number of hydrogen-bond acceptors (Lipinski definition) is 8. The van der Waals surface area contributed by atoms with Crippen LogP contribution in [0.2, 0.25) is 5.02 Å². The molecule has 0 spiro atoms. The number of nitro groups is 1. The number of hydrogen-bond donors (Lipinski definition) is 2. The molecule has 204 valence electrons. The van der Waals surface area contributed by atoms with Crippen LogP contribution in [0.1, 0.15) is 5.56 Å². The number of imide groups is 2. The van der Waals surface area contributed by atoms with Gasteiger partial charge >= 0.3 is 6.03 Å². The molecule has 4 rings (SSSR count). The lowest BCUT2D eigenvalue weighted by Crippen LogP contribution is -2.54. The number of urea groups is 1. The molecular formula is C26H18ClIN4O8. The highest BCUT2D eigenvalue weighted by molar-refractivity contribution is 14.1. The number of non-ortho nitro benzene ring substituents is 1. The van der Waals surface area contributed by atoms with Crippen LogP contribution in [-0.2, 0) is 14.4 Å². The first kappa shape index (κ1) is 28.5. The number of barbiturate groups is 1. The van der Waals surface area contributed by atoms with Crippen molar-refractivity contribution in [3.05, 3.63) is 90.5 Å². The molecule has 1 aliphatic rings. The summed E-state index contributed by atoms with van der Waals surface area (Å²) in [6, 6.07) is 13.4. The van der Waals surface area contributed by atoms with Gasteiger partial charge < -0.3 is 14.8 Å². The third kappa shape index (κ3) is 6.38. The summed E-state index contributed by atoms with van der Waals surface area (Å²) in [7, 11) is 1.39. The van der Waals surface area contributed by atoms with Gasteiger partial charge in [0.2, 0.25) is 0 Å². The summed E-state index contributed by atoms with van der Waals surface area (Å²) in [6.45, 7) is -0.331. The van der Waals surface area contributed by atoms with Crippen LogP contribution >= 0.6 is 34.2 Å². The van der Waals surface area contributed by atoms with Crippen molar-refractivity contribution in [1.29, 1.82) is 0 Å².